The van der Waals surface area contributed by atoms with Gasteiger partial charge >= 0.3 is 12.0 Å². The summed E-state index contributed by atoms with van der Waals surface area (Å²) in [5, 5.41) is 11.9. The van der Waals surface area contributed by atoms with E-state index >= 15 is 0 Å². The first-order valence-electron chi connectivity index (χ1n) is 6.54. The maximum Gasteiger partial charge on any atom is 0.329 e. The molecule has 1 atom stereocenters. The lowest BCUT2D eigenvalue weighted by atomic mass is 10.00. The monoisotopic (exact) mass is 296 g/mol. The highest BCUT2D eigenvalue weighted by Crippen LogP contribution is 2.31. The lowest BCUT2D eigenvalue weighted by Crippen LogP contribution is -2.52. The minimum atomic E-state index is -1.22. The Bertz CT molecular complexity index is 578. The van der Waals surface area contributed by atoms with Crippen LogP contribution in [0.15, 0.2) is 18.2 Å². The molecule has 1 aromatic rings. The van der Waals surface area contributed by atoms with Crippen LogP contribution >= 0.6 is 0 Å². The number of methoxy groups -OCH3 is 1. The van der Waals surface area contributed by atoms with Gasteiger partial charge in [0.15, 0.2) is 0 Å². The Kier molecular flexibility index (Phi) is 4.02. The number of ether oxygens (including phenoxy) is 1. The zero-order chi connectivity index (χ0) is 15.6. The molecule has 114 valence electrons. The van der Waals surface area contributed by atoms with E-state index in [2.05, 4.69) is 5.32 Å². The van der Waals surface area contributed by atoms with Gasteiger partial charge in [-0.25, -0.2) is 14.0 Å². The van der Waals surface area contributed by atoms with Crippen LogP contribution in [0.5, 0.6) is 5.75 Å². The SMILES string of the molecule is COc1cc(F)ccc1NC(=O)N1CCCC1(C)C(=O)O. The van der Waals surface area contributed by atoms with Gasteiger partial charge in [-0.2, -0.15) is 0 Å². The Balaban J connectivity index is 2.20. The summed E-state index contributed by atoms with van der Waals surface area (Å²) in [4.78, 5) is 24.9. The first-order chi connectivity index (χ1) is 9.88. The van der Waals surface area contributed by atoms with Crippen molar-refractivity contribution in [3.63, 3.8) is 0 Å². The molecule has 1 aromatic carbocycles. The Labute approximate surface area is 121 Å². The van der Waals surface area contributed by atoms with Crippen LogP contribution in [0.3, 0.4) is 0 Å². The molecule has 1 aliphatic heterocycles. The topological polar surface area (TPSA) is 78.9 Å². The number of halogens is 1. The molecule has 0 spiro atoms. The summed E-state index contributed by atoms with van der Waals surface area (Å²) in [5.74, 6) is -1.35. The van der Waals surface area contributed by atoms with Crippen molar-refractivity contribution in [3.05, 3.63) is 24.0 Å². The predicted molar refractivity (Wildman–Crippen MR) is 74.0 cm³/mol. The summed E-state index contributed by atoms with van der Waals surface area (Å²) in [5.41, 5.74) is -0.930. The number of aliphatic carboxylic acids is 1. The third-order valence-electron chi connectivity index (χ3n) is 3.75. The second-order valence-corrected chi connectivity index (χ2v) is 5.11. The van der Waals surface area contributed by atoms with E-state index in [1.165, 1.54) is 31.1 Å². The van der Waals surface area contributed by atoms with Gasteiger partial charge < -0.3 is 20.1 Å². The number of nitrogens with zero attached hydrogens (tertiary/aromatic N) is 1. The summed E-state index contributed by atoms with van der Waals surface area (Å²) < 4.78 is 18.1. The van der Waals surface area contributed by atoms with Crippen LogP contribution in [-0.2, 0) is 4.79 Å². The molecule has 0 radical (unpaired) electrons. The van der Waals surface area contributed by atoms with Crippen LogP contribution in [0.25, 0.3) is 0 Å². The Morgan fingerprint density at radius 1 is 1.48 bits per heavy atom. The van der Waals surface area contributed by atoms with Crippen LogP contribution in [-0.4, -0.2) is 41.2 Å². The zero-order valence-corrected chi connectivity index (χ0v) is 11.9. The highest BCUT2D eigenvalue weighted by molar-refractivity contribution is 5.95. The predicted octanol–water partition coefficient (Wildman–Crippen LogP) is 2.31. The Morgan fingerprint density at radius 2 is 2.19 bits per heavy atom. The number of carboxylic acids is 1. The number of carbonyl (C=O) groups is 2. The summed E-state index contributed by atoms with van der Waals surface area (Å²) in [6, 6.07) is 3.18. The highest BCUT2D eigenvalue weighted by Gasteiger charge is 2.46. The smallest absolute Gasteiger partial charge is 0.329 e. The third-order valence-corrected chi connectivity index (χ3v) is 3.75. The summed E-state index contributed by atoms with van der Waals surface area (Å²) in [6.45, 7) is 1.88. The van der Waals surface area contributed by atoms with E-state index in [0.717, 1.165) is 6.07 Å². The molecule has 1 fully saturated rings. The molecule has 1 unspecified atom stereocenters. The summed E-state index contributed by atoms with van der Waals surface area (Å²) in [6.07, 6.45) is 1.02. The number of nitrogens with one attached hydrogen (secondary N) is 1. The van der Waals surface area contributed by atoms with E-state index in [1.54, 1.807) is 0 Å². The molecule has 0 bridgehead atoms. The number of rotatable bonds is 3. The van der Waals surface area contributed by atoms with E-state index in [-0.39, 0.29) is 5.75 Å². The molecule has 2 N–H and O–H groups in total. The second-order valence-electron chi connectivity index (χ2n) is 5.11. The van der Waals surface area contributed by atoms with Crippen molar-refractivity contribution in [2.75, 3.05) is 19.0 Å². The number of carbonyl (C=O) groups excluding carboxylic acids is 1. The Morgan fingerprint density at radius 3 is 2.81 bits per heavy atom. The number of urea groups is 1. The number of hydrogen-bond acceptors (Lipinski definition) is 3. The summed E-state index contributed by atoms with van der Waals surface area (Å²) >= 11 is 0. The van der Waals surface area contributed by atoms with Gasteiger partial charge in [-0.15, -0.1) is 0 Å². The first-order valence-corrected chi connectivity index (χ1v) is 6.54. The lowest BCUT2D eigenvalue weighted by molar-refractivity contribution is -0.146. The molecular formula is C14H17FN2O4. The van der Waals surface area contributed by atoms with Gasteiger partial charge in [-0.1, -0.05) is 0 Å². The van der Waals surface area contributed by atoms with E-state index in [4.69, 9.17) is 4.74 Å². The van der Waals surface area contributed by atoms with Crippen LogP contribution in [0.4, 0.5) is 14.9 Å². The van der Waals surface area contributed by atoms with Crippen molar-refractivity contribution in [2.24, 2.45) is 0 Å². The van der Waals surface area contributed by atoms with Gasteiger partial charge in [0.05, 0.1) is 12.8 Å². The number of benzene rings is 1. The molecular weight excluding hydrogens is 279 g/mol. The quantitative estimate of drug-likeness (QED) is 0.897. The normalized spacial score (nSPS) is 21.2. The van der Waals surface area contributed by atoms with Gasteiger partial charge in [0.25, 0.3) is 0 Å². The zero-order valence-electron chi connectivity index (χ0n) is 11.9. The number of anilines is 1. The fraction of sp³-hybridized carbons (Fsp3) is 0.429. The molecule has 1 aliphatic rings. The molecule has 0 saturated carbocycles. The van der Waals surface area contributed by atoms with Gasteiger partial charge in [-0.3, -0.25) is 0 Å². The standard InChI is InChI=1S/C14H17FN2O4/c1-14(12(18)19)6-3-7-17(14)13(20)16-10-5-4-9(15)8-11(10)21-2/h4-5,8H,3,6-7H2,1-2H3,(H,16,20)(H,18,19). The maximum absolute atomic E-state index is 13.1. The number of carboxylic acid groups (broad SMARTS) is 1. The number of amides is 2. The molecule has 6 nitrogen and oxygen atoms in total. The van der Waals surface area contributed by atoms with Crippen molar-refractivity contribution >= 4 is 17.7 Å². The molecule has 2 amide bonds. The van der Waals surface area contributed by atoms with Crippen LogP contribution in [0.2, 0.25) is 0 Å². The highest BCUT2D eigenvalue weighted by atomic mass is 19.1. The molecule has 1 saturated heterocycles. The molecule has 0 aliphatic carbocycles. The molecule has 7 heteroatoms. The largest absolute Gasteiger partial charge is 0.494 e. The fourth-order valence-corrected chi connectivity index (χ4v) is 2.46. The van der Waals surface area contributed by atoms with Gasteiger partial charge in [0.1, 0.15) is 17.1 Å². The maximum atomic E-state index is 13.1. The van der Waals surface area contributed by atoms with Crippen molar-refractivity contribution in [3.8, 4) is 5.75 Å². The van der Waals surface area contributed by atoms with Crippen molar-refractivity contribution < 1.29 is 23.8 Å². The molecule has 2 rings (SSSR count). The van der Waals surface area contributed by atoms with Gasteiger partial charge in [0, 0.05) is 12.6 Å². The average Bonchev–Trinajstić information content (AvgIpc) is 2.84. The number of likely N-dealkylation sites (tertiary alicyclic amines) is 1. The van der Waals surface area contributed by atoms with Crippen molar-refractivity contribution in [1.29, 1.82) is 0 Å². The lowest BCUT2D eigenvalue weighted by Gasteiger charge is -2.31. The summed E-state index contributed by atoms with van der Waals surface area (Å²) in [7, 11) is 1.36. The van der Waals surface area contributed by atoms with E-state index in [9.17, 15) is 19.1 Å². The van der Waals surface area contributed by atoms with Crippen molar-refractivity contribution in [1.82, 2.24) is 4.90 Å². The Hall–Kier alpha value is -2.31. The fourth-order valence-electron chi connectivity index (χ4n) is 2.46. The van der Waals surface area contributed by atoms with E-state index in [1.807, 2.05) is 0 Å². The minimum absolute atomic E-state index is 0.180. The number of hydrogen-bond donors (Lipinski definition) is 2. The van der Waals surface area contributed by atoms with E-state index in [0.29, 0.717) is 25.1 Å². The minimum Gasteiger partial charge on any atom is -0.494 e. The third kappa shape index (κ3) is 2.76. The van der Waals surface area contributed by atoms with Crippen molar-refractivity contribution in [2.45, 2.75) is 25.3 Å². The molecule has 1 heterocycles. The second kappa shape index (κ2) is 5.59. The average molecular weight is 296 g/mol. The van der Waals surface area contributed by atoms with Crippen LogP contribution in [0.1, 0.15) is 19.8 Å². The van der Waals surface area contributed by atoms with Gasteiger partial charge in [0.2, 0.25) is 0 Å². The van der Waals surface area contributed by atoms with Crippen LogP contribution < -0.4 is 10.1 Å². The molecule has 0 aromatic heterocycles. The van der Waals surface area contributed by atoms with E-state index < -0.39 is 23.4 Å². The molecule has 21 heavy (non-hydrogen) atoms. The van der Waals surface area contributed by atoms with Crippen LogP contribution in [0, 0.1) is 5.82 Å². The van der Waals surface area contributed by atoms with Gasteiger partial charge in [-0.05, 0) is 31.9 Å². The first kappa shape index (κ1) is 15.1.